The van der Waals surface area contributed by atoms with Crippen LogP contribution < -0.4 is 5.32 Å². The second kappa shape index (κ2) is 8.53. The average Bonchev–Trinajstić information content (AvgIpc) is 2.58. The van der Waals surface area contributed by atoms with Crippen LogP contribution in [0, 0.1) is 17.6 Å². The predicted octanol–water partition coefficient (Wildman–Crippen LogP) is 2.54. The Morgan fingerprint density at radius 2 is 2.08 bits per heavy atom. The molecule has 1 amide bonds. The third kappa shape index (κ3) is 4.11. The third-order valence-corrected chi connectivity index (χ3v) is 4.89. The zero-order valence-electron chi connectivity index (χ0n) is 14.0. The van der Waals surface area contributed by atoms with Crippen LogP contribution in [0.1, 0.15) is 38.2 Å². The monoisotopic (exact) mass is 341 g/mol. The number of nitrogens with one attached hydrogen (secondary N) is 1. The van der Waals surface area contributed by atoms with Gasteiger partial charge in [0.1, 0.15) is 11.6 Å². The van der Waals surface area contributed by atoms with Gasteiger partial charge in [0.25, 0.3) is 0 Å². The summed E-state index contributed by atoms with van der Waals surface area (Å²) in [6.45, 7) is 3.22. The molecule has 134 valence electrons. The highest BCUT2D eigenvalue weighted by atomic mass is 19.1. The van der Waals surface area contributed by atoms with Gasteiger partial charge in [-0.1, -0.05) is 19.4 Å². The molecule has 4 nitrogen and oxygen atoms in total. The Morgan fingerprint density at radius 3 is 2.67 bits per heavy atom. The first-order chi connectivity index (χ1) is 11.5. The summed E-state index contributed by atoms with van der Waals surface area (Å²) in [5.41, 5.74) is -0.812. The van der Waals surface area contributed by atoms with Gasteiger partial charge in [0, 0.05) is 38.0 Å². The van der Waals surface area contributed by atoms with E-state index < -0.39 is 17.0 Å². The number of hydrogen-bond donors (Lipinski definition) is 2. The first kappa shape index (κ1) is 18.8. The summed E-state index contributed by atoms with van der Waals surface area (Å²) in [5, 5.41) is 12.0. The van der Waals surface area contributed by atoms with Gasteiger partial charge in [-0.15, -0.1) is 0 Å². The molecule has 1 aliphatic heterocycles. The van der Waals surface area contributed by atoms with Crippen molar-refractivity contribution in [3.8, 4) is 0 Å². The fourth-order valence-corrected chi connectivity index (χ4v) is 3.26. The van der Waals surface area contributed by atoms with Crippen molar-refractivity contribution < 1.29 is 23.4 Å². The van der Waals surface area contributed by atoms with E-state index in [0.717, 1.165) is 12.5 Å². The number of rotatable bonds is 7. The molecule has 2 rings (SSSR count). The molecule has 0 saturated carbocycles. The Hall–Kier alpha value is -1.53. The summed E-state index contributed by atoms with van der Waals surface area (Å²) in [5.74, 6) is -1.44. The number of carbonyl (C=O) groups excluding carboxylic acids is 1. The zero-order chi connectivity index (χ0) is 17.6. The first-order valence-electron chi connectivity index (χ1n) is 8.46. The lowest BCUT2D eigenvalue weighted by molar-refractivity contribution is -0.130. The summed E-state index contributed by atoms with van der Waals surface area (Å²) >= 11 is 0. The molecule has 1 aromatic carbocycles. The van der Waals surface area contributed by atoms with Gasteiger partial charge < -0.3 is 15.2 Å². The fourth-order valence-electron chi connectivity index (χ4n) is 3.26. The van der Waals surface area contributed by atoms with Gasteiger partial charge in [0.2, 0.25) is 5.91 Å². The van der Waals surface area contributed by atoms with Crippen molar-refractivity contribution in [1.29, 1.82) is 0 Å². The highest BCUT2D eigenvalue weighted by Crippen LogP contribution is 2.37. The number of benzene rings is 1. The van der Waals surface area contributed by atoms with E-state index >= 15 is 0 Å². The molecule has 24 heavy (non-hydrogen) atoms. The van der Waals surface area contributed by atoms with E-state index in [2.05, 4.69) is 5.32 Å². The minimum Gasteiger partial charge on any atom is -0.396 e. The largest absolute Gasteiger partial charge is 0.396 e. The maximum absolute atomic E-state index is 14.3. The molecule has 0 bridgehead atoms. The molecule has 0 radical (unpaired) electrons. The van der Waals surface area contributed by atoms with Crippen LogP contribution in [0.5, 0.6) is 0 Å². The fraction of sp³-hybridized carbons (Fsp3) is 0.611. The number of aliphatic hydroxyl groups is 1. The van der Waals surface area contributed by atoms with Crippen LogP contribution in [0.3, 0.4) is 0 Å². The molecule has 0 spiro atoms. The quantitative estimate of drug-likeness (QED) is 0.801. The van der Waals surface area contributed by atoms with Crippen LogP contribution in [0.4, 0.5) is 8.78 Å². The molecule has 1 atom stereocenters. The molecule has 1 unspecified atom stereocenters. The second-order valence-corrected chi connectivity index (χ2v) is 6.32. The number of hydrogen-bond acceptors (Lipinski definition) is 3. The van der Waals surface area contributed by atoms with Crippen molar-refractivity contribution in [2.75, 3.05) is 26.4 Å². The van der Waals surface area contributed by atoms with Crippen LogP contribution in [-0.4, -0.2) is 37.4 Å². The molecular weight excluding hydrogens is 316 g/mol. The zero-order valence-corrected chi connectivity index (χ0v) is 14.0. The smallest absolute Gasteiger partial charge is 0.230 e. The predicted molar refractivity (Wildman–Crippen MR) is 86.6 cm³/mol. The number of aliphatic hydroxyl groups excluding tert-OH is 1. The lowest BCUT2D eigenvalue weighted by Gasteiger charge is -2.36. The number of halogens is 2. The molecule has 1 fully saturated rings. The molecule has 0 aliphatic carbocycles. The van der Waals surface area contributed by atoms with E-state index in [9.17, 15) is 13.6 Å². The molecular formula is C18H25F2NO3. The van der Waals surface area contributed by atoms with E-state index in [1.165, 1.54) is 12.1 Å². The highest BCUT2D eigenvalue weighted by molar-refractivity contribution is 5.88. The highest BCUT2D eigenvalue weighted by Gasteiger charge is 2.43. The van der Waals surface area contributed by atoms with Crippen molar-refractivity contribution in [2.45, 2.75) is 38.0 Å². The summed E-state index contributed by atoms with van der Waals surface area (Å²) < 4.78 is 32.9. The number of carbonyl (C=O) groups is 1. The molecule has 6 heteroatoms. The molecule has 1 heterocycles. The lowest BCUT2D eigenvalue weighted by atomic mass is 9.73. The molecule has 2 N–H and O–H groups in total. The van der Waals surface area contributed by atoms with Gasteiger partial charge in [0.15, 0.2) is 0 Å². The maximum Gasteiger partial charge on any atom is 0.230 e. The minimum atomic E-state index is -1.03. The Bertz CT molecular complexity index is 559. The van der Waals surface area contributed by atoms with Crippen LogP contribution in [0.2, 0.25) is 0 Å². The normalized spacial score (nSPS) is 18.2. The van der Waals surface area contributed by atoms with Crippen molar-refractivity contribution in [2.24, 2.45) is 5.92 Å². The van der Waals surface area contributed by atoms with E-state index in [-0.39, 0.29) is 24.0 Å². The van der Waals surface area contributed by atoms with E-state index in [4.69, 9.17) is 9.84 Å². The lowest BCUT2D eigenvalue weighted by Crippen LogP contribution is -2.49. The van der Waals surface area contributed by atoms with Gasteiger partial charge in [-0.3, -0.25) is 4.79 Å². The van der Waals surface area contributed by atoms with Gasteiger partial charge in [-0.2, -0.15) is 0 Å². The Morgan fingerprint density at radius 1 is 1.38 bits per heavy atom. The summed E-state index contributed by atoms with van der Waals surface area (Å²) in [6, 6.07) is 3.37. The van der Waals surface area contributed by atoms with Gasteiger partial charge in [0.05, 0.1) is 5.41 Å². The number of ether oxygens (including phenoxy) is 1. The van der Waals surface area contributed by atoms with E-state index in [0.29, 0.717) is 39.0 Å². The van der Waals surface area contributed by atoms with Crippen molar-refractivity contribution in [3.63, 3.8) is 0 Å². The van der Waals surface area contributed by atoms with Crippen molar-refractivity contribution in [3.05, 3.63) is 35.4 Å². The molecule has 1 saturated heterocycles. The van der Waals surface area contributed by atoms with Crippen LogP contribution in [-0.2, 0) is 14.9 Å². The van der Waals surface area contributed by atoms with Gasteiger partial charge in [-0.25, -0.2) is 8.78 Å². The van der Waals surface area contributed by atoms with Crippen LogP contribution in [0.15, 0.2) is 18.2 Å². The Balaban J connectivity index is 2.22. The van der Waals surface area contributed by atoms with Crippen LogP contribution in [0.25, 0.3) is 0 Å². The van der Waals surface area contributed by atoms with Crippen LogP contribution >= 0.6 is 0 Å². The summed E-state index contributed by atoms with van der Waals surface area (Å²) in [4.78, 5) is 12.9. The van der Waals surface area contributed by atoms with Gasteiger partial charge in [-0.05, 0) is 31.2 Å². The van der Waals surface area contributed by atoms with Gasteiger partial charge >= 0.3 is 0 Å². The van der Waals surface area contributed by atoms with E-state index in [1.54, 1.807) is 0 Å². The standard InChI is InChI=1S/C18H25F2NO3/c1-2-13(5-8-22)12-21-17(23)18(6-9-24-10-7-18)15-4-3-14(19)11-16(15)20/h3-4,11,13,22H,2,5-10,12H2,1H3,(H,21,23). The SMILES string of the molecule is CCC(CCO)CNC(=O)C1(c2ccc(F)cc2F)CCOCC1. The average molecular weight is 341 g/mol. The molecule has 1 aliphatic rings. The minimum absolute atomic E-state index is 0.0694. The Labute approximate surface area is 141 Å². The molecule has 1 aromatic rings. The second-order valence-electron chi connectivity index (χ2n) is 6.32. The summed E-state index contributed by atoms with van der Waals surface area (Å²) in [6.07, 6.45) is 2.16. The Kier molecular flexibility index (Phi) is 6.69. The molecule has 0 aromatic heterocycles. The maximum atomic E-state index is 14.3. The summed E-state index contributed by atoms with van der Waals surface area (Å²) in [7, 11) is 0. The van der Waals surface area contributed by atoms with Crippen molar-refractivity contribution >= 4 is 5.91 Å². The van der Waals surface area contributed by atoms with E-state index in [1.807, 2.05) is 6.92 Å². The topological polar surface area (TPSA) is 58.6 Å². The third-order valence-electron chi connectivity index (χ3n) is 4.89. The van der Waals surface area contributed by atoms with Crippen molar-refractivity contribution in [1.82, 2.24) is 5.32 Å². The number of amides is 1. The first-order valence-corrected chi connectivity index (χ1v) is 8.46.